The summed E-state index contributed by atoms with van der Waals surface area (Å²) in [4.78, 5) is 32.2. The van der Waals surface area contributed by atoms with Gasteiger partial charge in [-0.25, -0.2) is 9.67 Å². The number of rotatable bonds is 6. The number of para-hydroxylation sites is 2. The summed E-state index contributed by atoms with van der Waals surface area (Å²) in [7, 11) is 1.57. The number of fused-ring (bicyclic) bond motifs is 1. The lowest BCUT2D eigenvalue weighted by Crippen LogP contribution is -2.16. The van der Waals surface area contributed by atoms with Crippen LogP contribution in [-0.2, 0) is 4.79 Å². The number of ether oxygens (including phenoxy) is 1. The van der Waals surface area contributed by atoms with Gasteiger partial charge in [0.1, 0.15) is 16.8 Å². The Hall–Kier alpha value is -3.59. The Labute approximate surface area is 182 Å². The number of amides is 1. The molecule has 31 heavy (non-hydrogen) atoms. The molecule has 158 valence electrons. The van der Waals surface area contributed by atoms with Crippen LogP contribution >= 0.6 is 11.8 Å². The van der Waals surface area contributed by atoms with Gasteiger partial charge in [-0.3, -0.25) is 9.59 Å². The Balaban J connectivity index is 1.58. The summed E-state index contributed by atoms with van der Waals surface area (Å²) in [6.45, 7) is 3.96. The molecule has 0 saturated carbocycles. The van der Waals surface area contributed by atoms with Crippen LogP contribution in [0, 0.1) is 13.8 Å². The summed E-state index contributed by atoms with van der Waals surface area (Å²) in [5, 5.41) is 7.91. The molecule has 0 unspecified atom stereocenters. The lowest BCUT2D eigenvalue weighted by atomic mass is 10.1. The Morgan fingerprint density at radius 1 is 1.19 bits per heavy atom. The van der Waals surface area contributed by atoms with Gasteiger partial charge in [0.25, 0.3) is 5.56 Å². The van der Waals surface area contributed by atoms with Crippen LogP contribution in [-0.4, -0.2) is 38.5 Å². The second kappa shape index (κ2) is 8.65. The van der Waals surface area contributed by atoms with Crippen molar-refractivity contribution < 1.29 is 9.53 Å². The number of anilines is 1. The fraction of sp³-hybridized carbons (Fsp3) is 0.182. The third-order valence-corrected chi connectivity index (χ3v) is 5.82. The van der Waals surface area contributed by atoms with E-state index < -0.39 is 0 Å². The molecule has 0 fully saturated rings. The van der Waals surface area contributed by atoms with Crippen molar-refractivity contribution in [2.45, 2.75) is 19.0 Å². The van der Waals surface area contributed by atoms with E-state index in [2.05, 4.69) is 20.4 Å². The standard InChI is InChI=1S/C22H21N5O3S/c1-13-7-6-8-16(14(13)2)24-19(28)12-31-22-25-20-15(21(29)26-22)11-23-27(20)17-9-4-5-10-18(17)30-3/h4-11H,12H2,1-3H3,(H,24,28)(H,25,26,29). The van der Waals surface area contributed by atoms with Crippen molar-refractivity contribution in [1.29, 1.82) is 0 Å². The van der Waals surface area contributed by atoms with E-state index in [9.17, 15) is 9.59 Å². The zero-order valence-electron chi connectivity index (χ0n) is 17.3. The predicted molar refractivity (Wildman–Crippen MR) is 121 cm³/mol. The lowest BCUT2D eigenvalue weighted by molar-refractivity contribution is -0.113. The molecule has 2 heterocycles. The van der Waals surface area contributed by atoms with Crippen molar-refractivity contribution in [3.63, 3.8) is 0 Å². The Kier molecular flexibility index (Phi) is 5.77. The molecule has 2 aromatic carbocycles. The average Bonchev–Trinajstić information content (AvgIpc) is 3.20. The fourth-order valence-electron chi connectivity index (χ4n) is 3.15. The topological polar surface area (TPSA) is 102 Å². The highest BCUT2D eigenvalue weighted by Gasteiger charge is 2.15. The van der Waals surface area contributed by atoms with Gasteiger partial charge in [0, 0.05) is 5.69 Å². The molecule has 0 atom stereocenters. The monoisotopic (exact) mass is 435 g/mol. The molecule has 0 radical (unpaired) electrons. The zero-order valence-corrected chi connectivity index (χ0v) is 18.1. The van der Waals surface area contributed by atoms with Crippen molar-refractivity contribution in [3.8, 4) is 11.4 Å². The number of aromatic nitrogens is 4. The minimum absolute atomic E-state index is 0.102. The maximum absolute atomic E-state index is 12.5. The van der Waals surface area contributed by atoms with Crippen molar-refractivity contribution >= 4 is 34.4 Å². The molecule has 4 rings (SSSR count). The molecule has 8 nitrogen and oxygen atoms in total. The number of benzene rings is 2. The maximum atomic E-state index is 12.5. The van der Waals surface area contributed by atoms with E-state index in [-0.39, 0.29) is 17.2 Å². The number of methoxy groups -OCH3 is 1. The minimum atomic E-state index is -0.316. The number of aryl methyl sites for hydroxylation is 1. The second-order valence-electron chi connectivity index (χ2n) is 6.92. The first-order valence-electron chi connectivity index (χ1n) is 9.58. The minimum Gasteiger partial charge on any atom is -0.494 e. The van der Waals surface area contributed by atoms with E-state index in [4.69, 9.17) is 4.74 Å². The van der Waals surface area contributed by atoms with E-state index in [0.29, 0.717) is 27.6 Å². The smallest absolute Gasteiger partial charge is 0.262 e. The molecule has 4 aromatic rings. The first-order chi connectivity index (χ1) is 15.0. The third-order valence-electron chi connectivity index (χ3n) is 4.95. The number of carbonyl (C=O) groups is 1. The van der Waals surface area contributed by atoms with E-state index in [1.54, 1.807) is 11.8 Å². The fourth-order valence-corrected chi connectivity index (χ4v) is 3.81. The van der Waals surface area contributed by atoms with Crippen molar-refractivity contribution in [2.75, 3.05) is 18.2 Å². The number of nitrogens with one attached hydrogen (secondary N) is 2. The normalized spacial score (nSPS) is 10.9. The highest BCUT2D eigenvalue weighted by molar-refractivity contribution is 7.99. The van der Waals surface area contributed by atoms with Gasteiger partial charge < -0.3 is 15.0 Å². The van der Waals surface area contributed by atoms with Gasteiger partial charge in [-0.2, -0.15) is 5.10 Å². The SMILES string of the molecule is COc1ccccc1-n1ncc2c(=O)[nH]c(SCC(=O)Nc3cccc(C)c3C)nc21. The Morgan fingerprint density at radius 2 is 2.00 bits per heavy atom. The van der Waals surface area contributed by atoms with Crippen LogP contribution in [0.3, 0.4) is 0 Å². The van der Waals surface area contributed by atoms with Crippen LogP contribution in [0.15, 0.2) is 58.6 Å². The highest BCUT2D eigenvalue weighted by Crippen LogP contribution is 2.25. The summed E-state index contributed by atoms with van der Waals surface area (Å²) in [5.74, 6) is 0.529. The number of aromatic amines is 1. The van der Waals surface area contributed by atoms with Gasteiger partial charge in [0.2, 0.25) is 5.91 Å². The summed E-state index contributed by atoms with van der Waals surface area (Å²) >= 11 is 1.15. The van der Waals surface area contributed by atoms with Gasteiger partial charge in [-0.15, -0.1) is 0 Å². The summed E-state index contributed by atoms with van der Waals surface area (Å²) < 4.78 is 6.96. The lowest BCUT2D eigenvalue weighted by Gasteiger charge is -2.10. The molecule has 1 amide bonds. The molecule has 0 aliphatic rings. The van der Waals surface area contributed by atoms with Crippen LogP contribution in [0.1, 0.15) is 11.1 Å². The van der Waals surface area contributed by atoms with Gasteiger partial charge in [-0.1, -0.05) is 36.0 Å². The summed E-state index contributed by atoms with van der Waals surface area (Å²) in [5.41, 5.74) is 3.65. The largest absolute Gasteiger partial charge is 0.494 e. The zero-order chi connectivity index (χ0) is 22.0. The molecule has 0 aliphatic carbocycles. The van der Waals surface area contributed by atoms with Crippen LogP contribution < -0.4 is 15.6 Å². The van der Waals surface area contributed by atoms with Gasteiger partial charge >= 0.3 is 0 Å². The molecule has 0 saturated heterocycles. The van der Waals surface area contributed by atoms with Crippen molar-refractivity contribution in [1.82, 2.24) is 19.7 Å². The number of hydrogen-bond acceptors (Lipinski definition) is 6. The first kappa shape index (κ1) is 20.7. The Morgan fingerprint density at radius 3 is 2.81 bits per heavy atom. The van der Waals surface area contributed by atoms with Crippen molar-refractivity contribution in [3.05, 3.63) is 70.1 Å². The molecule has 2 N–H and O–H groups in total. The molecule has 9 heteroatoms. The number of H-pyrrole nitrogens is 1. The van der Waals surface area contributed by atoms with Crippen LogP contribution in [0.5, 0.6) is 5.75 Å². The van der Waals surface area contributed by atoms with E-state index in [1.165, 1.54) is 6.20 Å². The van der Waals surface area contributed by atoms with Crippen LogP contribution in [0.2, 0.25) is 0 Å². The maximum Gasteiger partial charge on any atom is 0.262 e. The first-order valence-corrected chi connectivity index (χ1v) is 10.6. The number of thioether (sulfide) groups is 1. The van der Waals surface area contributed by atoms with Crippen LogP contribution in [0.25, 0.3) is 16.7 Å². The molecule has 0 spiro atoms. The van der Waals surface area contributed by atoms with Gasteiger partial charge in [0.15, 0.2) is 10.8 Å². The van der Waals surface area contributed by atoms with Crippen molar-refractivity contribution in [2.24, 2.45) is 0 Å². The average molecular weight is 436 g/mol. The molecule has 0 aliphatic heterocycles. The third kappa shape index (κ3) is 4.17. The molecular formula is C22H21N5O3S. The van der Waals surface area contributed by atoms with Gasteiger partial charge in [0.05, 0.1) is 19.1 Å². The summed E-state index contributed by atoms with van der Waals surface area (Å²) in [6.07, 6.45) is 1.47. The Bertz CT molecular complexity index is 1330. The number of hydrogen-bond donors (Lipinski definition) is 2. The number of nitrogens with zero attached hydrogens (tertiary/aromatic N) is 3. The molecule has 0 bridgehead atoms. The second-order valence-corrected chi connectivity index (χ2v) is 7.88. The summed E-state index contributed by atoms with van der Waals surface area (Å²) in [6, 6.07) is 13.1. The van der Waals surface area contributed by atoms with Gasteiger partial charge in [-0.05, 0) is 43.2 Å². The predicted octanol–water partition coefficient (Wildman–Crippen LogP) is 3.47. The van der Waals surface area contributed by atoms with E-state index in [0.717, 1.165) is 28.6 Å². The van der Waals surface area contributed by atoms with E-state index in [1.807, 2.05) is 56.3 Å². The number of carbonyl (C=O) groups excluding carboxylic acids is 1. The molecule has 2 aromatic heterocycles. The van der Waals surface area contributed by atoms with E-state index >= 15 is 0 Å². The van der Waals surface area contributed by atoms with Crippen LogP contribution in [0.4, 0.5) is 5.69 Å². The quantitative estimate of drug-likeness (QED) is 0.355. The molecular weight excluding hydrogens is 414 g/mol. The highest BCUT2D eigenvalue weighted by atomic mass is 32.2.